The van der Waals surface area contributed by atoms with Crippen molar-refractivity contribution in [1.29, 1.82) is 0 Å². The van der Waals surface area contributed by atoms with Gasteiger partial charge in [0.1, 0.15) is 0 Å². The van der Waals surface area contributed by atoms with Crippen LogP contribution in [0.1, 0.15) is 56.1 Å². The monoisotopic (exact) mass is 553 g/mol. The number of ether oxygens (including phenoxy) is 2. The fourth-order valence-electron chi connectivity index (χ4n) is 4.61. The van der Waals surface area contributed by atoms with Crippen molar-refractivity contribution in [3.8, 4) is 11.5 Å². The summed E-state index contributed by atoms with van der Waals surface area (Å²) < 4.78 is 13.9. The molecule has 7 nitrogen and oxygen atoms in total. The Bertz CT molecular complexity index is 894. The van der Waals surface area contributed by atoms with Crippen molar-refractivity contribution >= 4 is 29.9 Å². The van der Waals surface area contributed by atoms with Gasteiger partial charge in [0.15, 0.2) is 17.5 Å². The van der Waals surface area contributed by atoms with Gasteiger partial charge in [0, 0.05) is 44.4 Å². The zero-order chi connectivity index (χ0) is 21.6. The molecule has 1 aliphatic carbocycles. The number of nitrogens with one attached hydrogen (secondary N) is 1. The lowest BCUT2D eigenvalue weighted by Gasteiger charge is -2.22. The van der Waals surface area contributed by atoms with Gasteiger partial charge in [-0.3, -0.25) is 4.68 Å². The van der Waals surface area contributed by atoms with Gasteiger partial charge < -0.3 is 19.7 Å². The highest BCUT2D eigenvalue weighted by Crippen LogP contribution is 2.35. The van der Waals surface area contributed by atoms with Crippen LogP contribution in [0.3, 0.4) is 0 Å². The van der Waals surface area contributed by atoms with E-state index >= 15 is 0 Å². The number of para-hydroxylation sites is 1. The fourth-order valence-corrected chi connectivity index (χ4v) is 4.61. The number of aliphatic imine (C=N–C) groups is 1. The van der Waals surface area contributed by atoms with E-state index in [1.807, 2.05) is 30.1 Å². The van der Waals surface area contributed by atoms with E-state index in [1.54, 1.807) is 7.11 Å². The SMILES string of the molecule is CCNC(=NCc1cccc(OC)c1OC1CCCC1)N1CCC(c2cnn(C)c2)C1.I. The Balaban J connectivity index is 0.00000289. The first-order valence-electron chi connectivity index (χ1n) is 11.5. The van der Waals surface area contributed by atoms with Crippen LogP contribution in [0.5, 0.6) is 11.5 Å². The summed E-state index contributed by atoms with van der Waals surface area (Å²) in [4.78, 5) is 7.34. The van der Waals surface area contributed by atoms with Crippen molar-refractivity contribution in [2.45, 2.75) is 57.6 Å². The maximum Gasteiger partial charge on any atom is 0.194 e. The minimum atomic E-state index is 0. The topological polar surface area (TPSA) is 63.9 Å². The largest absolute Gasteiger partial charge is 0.493 e. The molecule has 2 aliphatic rings. The third-order valence-corrected chi connectivity index (χ3v) is 6.29. The van der Waals surface area contributed by atoms with Gasteiger partial charge in [-0.05, 0) is 50.7 Å². The second kappa shape index (κ2) is 11.8. The van der Waals surface area contributed by atoms with Gasteiger partial charge in [0.25, 0.3) is 0 Å². The Morgan fingerprint density at radius 2 is 2.06 bits per heavy atom. The molecule has 0 spiro atoms. The van der Waals surface area contributed by atoms with Crippen molar-refractivity contribution in [2.75, 3.05) is 26.7 Å². The second-order valence-corrected chi connectivity index (χ2v) is 8.52. The van der Waals surface area contributed by atoms with Crippen LogP contribution >= 0.6 is 24.0 Å². The Morgan fingerprint density at radius 3 is 2.75 bits per heavy atom. The molecule has 2 heterocycles. The maximum atomic E-state index is 6.39. The van der Waals surface area contributed by atoms with E-state index in [0.717, 1.165) is 61.9 Å². The van der Waals surface area contributed by atoms with E-state index in [9.17, 15) is 0 Å². The predicted molar refractivity (Wildman–Crippen MR) is 138 cm³/mol. The van der Waals surface area contributed by atoms with Gasteiger partial charge in [-0.1, -0.05) is 12.1 Å². The molecule has 0 radical (unpaired) electrons. The molecular weight excluding hydrogens is 517 g/mol. The summed E-state index contributed by atoms with van der Waals surface area (Å²) in [5, 5.41) is 7.81. The molecule has 2 fully saturated rings. The highest BCUT2D eigenvalue weighted by molar-refractivity contribution is 14.0. The third-order valence-electron chi connectivity index (χ3n) is 6.29. The Labute approximate surface area is 208 Å². The summed E-state index contributed by atoms with van der Waals surface area (Å²) >= 11 is 0. The second-order valence-electron chi connectivity index (χ2n) is 8.52. The molecule has 1 saturated carbocycles. The number of methoxy groups -OCH3 is 1. The fraction of sp³-hybridized carbons (Fsp3) is 0.583. The lowest BCUT2D eigenvalue weighted by atomic mass is 10.0. The first-order chi connectivity index (χ1) is 15.2. The average molecular weight is 553 g/mol. The summed E-state index contributed by atoms with van der Waals surface area (Å²) in [6, 6.07) is 6.09. The van der Waals surface area contributed by atoms with Gasteiger partial charge in [0.2, 0.25) is 0 Å². The summed E-state index contributed by atoms with van der Waals surface area (Å²) in [6.07, 6.45) is 10.2. The molecule has 8 heteroatoms. The molecule has 0 amide bonds. The molecular formula is C24H36IN5O2. The molecule has 1 aromatic carbocycles. The van der Waals surface area contributed by atoms with Crippen LogP contribution in [0, 0.1) is 0 Å². The van der Waals surface area contributed by atoms with E-state index in [1.165, 1.54) is 18.4 Å². The van der Waals surface area contributed by atoms with E-state index in [-0.39, 0.29) is 30.1 Å². The summed E-state index contributed by atoms with van der Waals surface area (Å²) in [6.45, 7) is 5.48. The van der Waals surface area contributed by atoms with Crippen molar-refractivity contribution in [2.24, 2.45) is 12.0 Å². The average Bonchev–Trinajstić information content (AvgIpc) is 3.54. The molecule has 1 N–H and O–H groups in total. The van der Waals surface area contributed by atoms with Gasteiger partial charge in [-0.15, -0.1) is 24.0 Å². The van der Waals surface area contributed by atoms with Crippen molar-refractivity contribution in [3.05, 3.63) is 41.7 Å². The van der Waals surface area contributed by atoms with Crippen molar-refractivity contribution in [1.82, 2.24) is 20.0 Å². The lowest BCUT2D eigenvalue weighted by Crippen LogP contribution is -2.40. The maximum absolute atomic E-state index is 6.39. The van der Waals surface area contributed by atoms with Crippen LogP contribution in [0.2, 0.25) is 0 Å². The first kappa shape index (κ1) is 24.7. The molecule has 1 saturated heterocycles. The standard InChI is InChI=1S/C24H35N5O2.HI/c1-4-25-24(29-13-12-19(17-29)20-15-27-28(2)16-20)26-14-18-8-7-11-22(30-3)23(18)31-21-9-5-6-10-21;/h7-8,11,15-16,19,21H,4-6,9-10,12-14,17H2,1-3H3,(H,25,26);1H. The van der Waals surface area contributed by atoms with Crippen LogP contribution in [0.25, 0.3) is 0 Å². The Hall–Kier alpha value is -1.97. The number of aromatic nitrogens is 2. The molecule has 4 rings (SSSR count). The molecule has 1 aromatic heterocycles. The molecule has 32 heavy (non-hydrogen) atoms. The molecule has 0 bridgehead atoms. The Kier molecular flexibility index (Phi) is 9.07. The number of likely N-dealkylation sites (tertiary alicyclic amines) is 1. The number of guanidine groups is 1. The zero-order valence-electron chi connectivity index (χ0n) is 19.4. The molecule has 1 aliphatic heterocycles. The zero-order valence-corrected chi connectivity index (χ0v) is 21.7. The summed E-state index contributed by atoms with van der Waals surface area (Å²) in [5.74, 6) is 3.10. The minimum absolute atomic E-state index is 0. The third kappa shape index (κ3) is 5.88. The number of nitrogens with zero attached hydrogens (tertiary/aromatic N) is 4. The van der Waals surface area contributed by atoms with Crippen LogP contribution in [-0.4, -0.2) is 53.5 Å². The number of hydrogen-bond donors (Lipinski definition) is 1. The number of halogens is 1. The molecule has 1 unspecified atom stereocenters. The first-order valence-corrected chi connectivity index (χ1v) is 11.5. The smallest absolute Gasteiger partial charge is 0.194 e. The van der Waals surface area contributed by atoms with Crippen LogP contribution < -0.4 is 14.8 Å². The molecule has 176 valence electrons. The van der Waals surface area contributed by atoms with Crippen LogP contribution in [0.15, 0.2) is 35.6 Å². The van der Waals surface area contributed by atoms with Crippen molar-refractivity contribution in [3.63, 3.8) is 0 Å². The summed E-state index contributed by atoms with van der Waals surface area (Å²) in [5.41, 5.74) is 2.38. The van der Waals surface area contributed by atoms with E-state index in [0.29, 0.717) is 12.5 Å². The van der Waals surface area contributed by atoms with E-state index in [2.05, 4.69) is 34.5 Å². The van der Waals surface area contributed by atoms with Crippen LogP contribution in [-0.2, 0) is 13.6 Å². The highest BCUT2D eigenvalue weighted by atomic mass is 127. The molecule has 1 atom stereocenters. The lowest BCUT2D eigenvalue weighted by molar-refractivity contribution is 0.198. The molecule has 2 aromatic rings. The number of hydrogen-bond acceptors (Lipinski definition) is 4. The van der Waals surface area contributed by atoms with E-state index < -0.39 is 0 Å². The van der Waals surface area contributed by atoms with Gasteiger partial charge >= 0.3 is 0 Å². The normalized spacial score (nSPS) is 19.2. The minimum Gasteiger partial charge on any atom is -0.493 e. The highest BCUT2D eigenvalue weighted by Gasteiger charge is 2.27. The van der Waals surface area contributed by atoms with Crippen LogP contribution in [0.4, 0.5) is 0 Å². The predicted octanol–water partition coefficient (Wildman–Crippen LogP) is 4.32. The van der Waals surface area contributed by atoms with Crippen molar-refractivity contribution < 1.29 is 9.47 Å². The quantitative estimate of drug-likeness (QED) is 0.315. The Morgan fingerprint density at radius 1 is 1.25 bits per heavy atom. The summed E-state index contributed by atoms with van der Waals surface area (Å²) in [7, 11) is 3.68. The number of rotatable bonds is 7. The van der Waals surface area contributed by atoms with Gasteiger partial charge in [-0.2, -0.15) is 5.10 Å². The number of benzene rings is 1. The van der Waals surface area contributed by atoms with E-state index in [4.69, 9.17) is 14.5 Å². The van der Waals surface area contributed by atoms with Gasteiger partial charge in [0.05, 0.1) is 26.0 Å². The number of aryl methyl sites for hydroxylation is 1. The van der Waals surface area contributed by atoms with Gasteiger partial charge in [-0.25, -0.2) is 4.99 Å².